The summed E-state index contributed by atoms with van der Waals surface area (Å²) in [6.07, 6.45) is 0. The fraction of sp³-hybridized carbons (Fsp3) is 0.200. The zero-order valence-corrected chi connectivity index (χ0v) is 11.8. The van der Waals surface area contributed by atoms with Gasteiger partial charge in [0.1, 0.15) is 0 Å². The topological polar surface area (TPSA) is 3.24 Å². The van der Waals surface area contributed by atoms with E-state index in [1.807, 2.05) is 0 Å². The monoisotopic (exact) mass is 333 g/mol. The first kappa shape index (κ1) is 10.5. The maximum atomic E-state index is 3.56. The van der Waals surface area contributed by atoms with Crippen LogP contribution < -0.4 is 4.90 Å². The van der Waals surface area contributed by atoms with Crippen molar-refractivity contribution in [1.29, 1.82) is 0 Å². The van der Waals surface area contributed by atoms with Crippen LogP contribution in [-0.2, 0) is 0 Å². The molecule has 2 rings (SSSR count). The molecule has 0 aliphatic carbocycles. The highest BCUT2D eigenvalue weighted by molar-refractivity contribution is 9.13. The molecule has 0 atom stereocenters. The molecule has 2 aromatic rings. The molecule has 0 N–H and O–H groups in total. The van der Waals surface area contributed by atoms with E-state index in [4.69, 9.17) is 0 Å². The number of nitrogens with zero attached hydrogens (tertiary/aromatic N) is 1. The van der Waals surface area contributed by atoms with Gasteiger partial charge in [-0.1, -0.05) is 6.07 Å². The van der Waals surface area contributed by atoms with Crippen LogP contribution in [0.5, 0.6) is 0 Å². The maximum absolute atomic E-state index is 3.56. The van der Waals surface area contributed by atoms with Crippen LogP contribution >= 0.6 is 43.2 Å². The van der Waals surface area contributed by atoms with Crippen molar-refractivity contribution in [2.75, 3.05) is 19.0 Å². The molecule has 0 saturated carbocycles. The Hall–Kier alpha value is -0.0600. The lowest BCUT2D eigenvalue weighted by molar-refractivity contribution is 1.14. The molecular weight excluding hydrogens is 326 g/mol. The minimum atomic E-state index is 1.16. The fourth-order valence-electron chi connectivity index (χ4n) is 1.30. The molecule has 0 spiro atoms. The molecule has 0 aliphatic rings. The highest BCUT2D eigenvalue weighted by atomic mass is 79.9. The molecule has 4 heteroatoms. The van der Waals surface area contributed by atoms with Crippen LogP contribution in [0, 0.1) is 0 Å². The SMILES string of the molecule is CN(C)c1ccc2c(Br)c(Br)sc2c1. The highest BCUT2D eigenvalue weighted by Gasteiger charge is 2.08. The van der Waals surface area contributed by atoms with Crippen LogP contribution in [0.4, 0.5) is 5.69 Å². The van der Waals surface area contributed by atoms with Crippen LogP contribution in [0.15, 0.2) is 26.5 Å². The Morgan fingerprint density at radius 3 is 2.57 bits per heavy atom. The van der Waals surface area contributed by atoms with Crippen molar-refractivity contribution in [3.8, 4) is 0 Å². The van der Waals surface area contributed by atoms with E-state index in [1.165, 1.54) is 15.8 Å². The lowest BCUT2D eigenvalue weighted by Crippen LogP contribution is -2.07. The zero-order valence-electron chi connectivity index (χ0n) is 7.84. The normalized spacial score (nSPS) is 10.9. The predicted octanol–water partition coefficient (Wildman–Crippen LogP) is 4.49. The Bertz CT molecular complexity index is 476. The largest absolute Gasteiger partial charge is 0.378 e. The Morgan fingerprint density at radius 2 is 1.93 bits per heavy atom. The van der Waals surface area contributed by atoms with Gasteiger partial charge in [-0.2, -0.15) is 0 Å². The molecule has 0 radical (unpaired) electrons. The van der Waals surface area contributed by atoms with Crippen LogP contribution in [0.25, 0.3) is 10.1 Å². The van der Waals surface area contributed by atoms with Crippen LogP contribution in [0.1, 0.15) is 0 Å². The molecule has 1 aromatic heterocycles. The molecule has 1 nitrogen and oxygen atoms in total. The van der Waals surface area contributed by atoms with Gasteiger partial charge >= 0.3 is 0 Å². The van der Waals surface area contributed by atoms with Gasteiger partial charge in [0.2, 0.25) is 0 Å². The fourth-order valence-corrected chi connectivity index (χ4v) is 3.61. The molecule has 14 heavy (non-hydrogen) atoms. The summed E-state index contributed by atoms with van der Waals surface area (Å²) in [5, 5.41) is 1.27. The number of hydrogen-bond donors (Lipinski definition) is 0. The third-order valence-electron chi connectivity index (χ3n) is 2.09. The first-order valence-electron chi connectivity index (χ1n) is 4.14. The first-order chi connectivity index (χ1) is 6.59. The summed E-state index contributed by atoms with van der Waals surface area (Å²) in [7, 11) is 4.11. The Kier molecular flexibility index (Phi) is 2.86. The van der Waals surface area contributed by atoms with Gasteiger partial charge in [-0.25, -0.2) is 0 Å². The highest BCUT2D eigenvalue weighted by Crippen LogP contribution is 2.40. The standard InChI is InChI=1S/C10H9Br2NS/c1-13(2)6-3-4-7-8(5-6)14-10(12)9(7)11/h3-5H,1-2H3. The Balaban J connectivity index is 2.67. The quantitative estimate of drug-likeness (QED) is 0.742. The van der Waals surface area contributed by atoms with E-state index in [0.717, 1.165) is 8.26 Å². The number of rotatable bonds is 1. The number of hydrogen-bond acceptors (Lipinski definition) is 2. The minimum absolute atomic E-state index is 1.16. The summed E-state index contributed by atoms with van der Waals surface area (Å²) in [5.74, 6) is 0. The number of fused-ring (bicyclic) bond motifs is 1. The van der Waals surface area contributed by atoms with Crippen LogP contribution in [0.3, 0.4) is 0 Å². The summed E-state index contributed by atoms with van der Waals surface area (Å²) in [6.45, 7) is 0. The van der Waals surface area contributed by atoms with Crippen LogP contribution in [-0.4, -0.2) is 14.1 Å². The van der Waals surface area contributed by atoms with Crippen molar-refractivity contribution in [2.24, 2.45) is 0 Å². The van der Waals surface area contributed by atoms with Gasteiger partial charge in [0.15, 0.2) is 0 Å². The lowest BCUT2D eigenvalue weighted by atomic mass is 10.2. The van der Waals surface area contributed by atoms with Gasteiger partial charge in [-0.15, -0.1) is 11.3 Å². The van der Waals surface area contributed by atoms with Crippen molar-refractivity contribution in [3.05, 3.63) is 26.5 Å². The second-order valence-electron chi connectivity index (χ2n) is 3.26. The summed E-state index contributed by atoms with van der Waals surface area (Å²) in [5.41, 5.74) is 1.23. The van der Waals surface area contributed by atoms with Gasteiger partial charge in [0.05, 0.1) is 8.26 Å². The van der Waals surface area contributed by atoms with Crippen molar-refractivity contribution >= 4 is 59.0 Å². The average molecular weight is 335 g/mol. The van der Waals surface area contributed by atoms with E-state index in [0.29, 0.717) is 0 Å². The second kappa shape index (κ2) is 3.83. The maximum Gasteiger partial charge on any atom is 0.0853 e. The molecule has 0 saturated heterocycles. The molecule has 1 aromatic carbocycles. The van der Waals surface area contributed by atoms with Gasteiger partial charge < -0.3 is 4.90 Å². The molecule has 0 bridgehead atoms. The molecule has 0 aliphatic heterocycles. The summed E-state index contributed by atoms with van der Waals surface area (Å²) >= 11 is 8.84. The number of thiophene rings is 1. The van der Waals surface area contributed by atoms with E-state index in [2.05, 4.69) is 69.1 Å². The molecule has 1 heterocycles. The molecular formula is C10H9Br2NS. The van der Waals surface area contributed by atoms with Crippen molar-refractivity contribution in [2.45, 2.75) is 0 Å². The van der Waals surface area contributed by atoms with Crippen LogP contribution in [0.2, 0.25) is 0 Å². The number of benzene rings is 1. The Morgan fingerprint density at radius 1 is 1.21 bits per heavy atom. The van der Waals surface area contributed by atoms with Crippen molar-refractivity contribution in [3.63, 3.8) is 0 Å². The Labute approximate surface area is 104 Å². The van der Waals surface area contributed by atoms with E-state index in [1.54, 1.807) is 11.3 Å². The van der Waals surface area contributed by atoms with Gasteiger partial charge in [0.25, 0.3) is 0 Å². The van der Waals surface area contributed by atoms with E-state index in [-0.39, 0.29) is 0 Å². The molecule has 0 unspecified atom stereocenters. The van der Waals surface area contributed by atoms with Gasteiger partial charge in [0, 0.05) is 29.9 Å². The van der Waals surface area contributed by atoms with Gasteiger partial charge in [-0.05, 0) is 44.0 Å². The van der Waals surface area contributed by atoms with Gasteiger partial charge in [-0.3, -0.25) is 0 Å². The third kappa shape index (κ3) is 1.71. The van der Waals surface area contributed by atoms with E-state index >= 15 is 0 Å². The predicted molar refractivity (Wildman–Crippen MR) is 71.6 cm³/mol. The van der Waals surface area contributed by atoms with Crippen molar-refractivity contribution in [1.82, 2.24) is 0 Å². The smallest absolute Gasteiger partial charge is 0.0853 e. The number of halogens is 2. The number of anilines is 1. The summed E-state index contributed by atoms with van der Waals surface area (Å²) in [4.78, 5) is 2.11. The lowest BCUT2D eigenvalue weighted by Gasteiger charge is -2.11. The minimum Gasteiger partial charge on any atom is -0.378 e. The summed E-state index contributed by atoms with van der Waals surface area (Å²) < 4.78 is 3.61. The zero-order chi connectivity index (χ0) is 10.3. The van der Waals surface area contributed by atoms with E-state index < -0.39 is 0 Å². The van der Waals surface area contributed by atoms with Crippen molar-refractivity contribution < 1.29 is 0 Å². The molecule has 0 amide bonds. The molecule has 74 valence electrons. The molecule has 0 fully saturated rings. The third-order valence-corrected chi connectivity index (χ3v) is 5.53. The summed E-state index contributed by atoms with van der Waals surface area (Å²) in [6, 6.07) is 6.48. The average Bonchev–Trinajstić information content (AvgIpc) is 2.42. The first-order valence-corrected chi connectivity index (χ1v) is 6.54. The second-order valence-corrected chi connectivity index (χ2v) is 6.43. The van der Waals surface area contributed by atoms with E-state index in [9.17, 15) is 0 Å².